The minimum atomic E-state index is -0.366. The second kappa shape index (κ2) is 5.74. The van der Waals surface area contributed by atoms with Gasteiger partial charge in [-0.3, -0.25) is 0 Å². The van der Waals surface area contributed by atoms with Crippen LogP contribution >= 0.6 is 27.5 Å². The third-order valence-electron chi connectivity index (χ3n) is 3.40. The molecule has 0 bridgehead atoms. The van der Waals surface area contributed by atoms with Crippen molar-refractivity contribution in [1.82, 2.24) is 0 Å². The van der Waals surface area contributed by atoms with Gasteiger partial charge in [-0.15, -0.1) is 11.6 Å². The molecule has 0 fully saturated rings. The van der Waals surface area contributed by atoms with Gasteiger partial charge in [-0.25, -0.2) is 4.39 Å². The number of rotatable bonds is 2. The van der Waals surface area contributed by atoms with E-state index >= 15 is 0 Å². The van der Waals surface area contributed by atoms with Gasteiger partial charge in [-0.1, -0.05) is 28.1 Å². The van der Waals surface area contributed by atoms with E-state index < -0.39 is 0 Å². The van der Waals surface area contributed by atoms with Gasteiger partial charge in [0.1, 0.15) is 11.6 Å². The van der Waals surface area contributed by atoms with Crippen LogP contribution in [0.15, 0.2) is 40.9 Å². The normalized spacial score (nSPS) is 15.3. The molecule has 4 heteroatoms. The highest BCUT2D eigenvalue weighted by molar-refractivity contribution is 9.10. The fourth-order valence-corrected chi connectivity index (χ4v) is 3.20. The topological polar surface area (TPSA) is 9.23 Å². The van der Waals surface area contributed by atoms with Crippen molar-refractivity contribution in [2.45, 2.75) is 18.2 Å². The predicted molar refractivity (Wildman–Crippen MR) is 82.1 cm³/mol. The van der Waals surface area contributed by atoms with Gasteiger partial charge < -0.3 is 4.74 Å². The molecule has 0 aromatic heterocycles. The summed E-state index contributed by atoms with van der Waals surface area (Å²) in [5.74, 6) is 0.644. The first-order chi connectivity index (χ1) is 9.63. The highest BCUT2D eigenvalue weighted by Gasteiger charge is 2.16. The fraction of sp³-hybridized carbons (Fsp3) is 0.250. The molecule has 0 amide bonds. The van der Waals surface area contributed by atoms with Crippen LogP contribution < -0.4 is 4.74 Å². The van der Waals surface area contributed by atoms with Gasteiger partial charge in [0.05, 0.1) is 12.0 Å². The van der Waals surface area contributed by atoms with Gasteiger partial charge in [0.25, 0.3) is 0 Å². The van der Waals surface area contributed by atoms with Crippen LogP contribution in [0.4, 0.5) is 4.39 Å². The molecule has 0 aliphatic carbocycles. The van der Waals surface area contributed by atoms with E-state index in [0.717, 1.165) is 36.3 Å². The zero-order valence-corrected chi connectivity index (χ0v) is 13.0. The van der Waals surface area contributed by atoms with E-state index in [-0.39, 0.29) is 11.2 Å². The van der Waals surface area contributed by atoms with Crippen molar-refractivity contribution in [1.29, 1.82) is 0 Å². The Bertz CT molecular complexity index is 624. The molecule has 3 rings (SSSR count). The van der Waals surface area contributed by atoms with Crippen LogP contribution in [-0.4, -0.2) is 6.61 Å². The molecule has 0 radical (unpaired) electrons. The number of hydrogen-bond acceptors (Lipinski definition) is 1. The average Bonchev–Trinajstić information content (AvgIpc) is 2.45. The maximum atomic E-state index is 13.5. The molecule has 0 saturated heterocycles. The highest BCUT2D eigenvalue weighted by atomic mass is 79.9. The number of hydrogen-bond donors (Lipinski definition) is 0. The Morgan fingerprint density at radius 1 is 1.15 bits per heavy atom. The van der Waals surface area contributed by atoms with Gasteiger partial charge in [0.2, 0.25) is 0 Å². The van der Waals surface area contributed by atoms with Gasteiger partial charge in [-0.05, 0) is 53.8 Å². The van der Waals surface area contributed by atoms with Crippen LogP contribution in [-0.2, 0) is 6.42 Å². The molecule has 2 aromatic carbocycles. The Morgan fingerprint density at radius 3 is 2.80 bits per heavy atom. The quantitative estimate of drug-likeness (QED) is 0.669. The van der Waals surface area contributed by atoms with E-state index in [4.69, 9.17) is 16.3 Å². The fourth-order valence-electron chi connectivity index (χ4n) is 2.45. The van der Waals surface area contributed by atoms with E-state index in [1.54, 1.807) is 0 Å². The summed E-state index contributed by atoms with van der Waals surface area (Å²) in [7, 11) is 0. The lowest BCUT2D eigenvalue weighted by Crippen LogP contribution is -2.09. The first kappa shape index (κ1) is 13.9. The molecule has 104 valence electrons. The van der Waals surface area contributed by atoms with Crippen molar-refractivity contribution in [2.24, 2.45) is 0 Å². The minimum Gasteiger partial charge on any atom is -0.493 e. The Morgan fingerprint density at radius 2 is 2.00 bits per heavy atom. The molecule has 1 aliphatic heterocycles. The number of alkyl halides is 1. The monoisotopic (exact) mass is 354 g/mol. The van der Waals surface area contributed by atoms with E-state index in [0.29, 0.717) is 4.47 Å². The van der Waals surface area contributed by atoms with Crippen molar-refractivity contribution in [3.05, 3.63) is 63.4 Å². The number of fused-ring (bicyclic) bond motifs is 1. The number of halogens is 3. The van der Waals surface area contributed by atoms with Gasteiger partial charge in [0, 0.05) is 4.47 Å². The smallest absolute Gasteiger partial charge is 0.124 e. The molecular weight excluding hydrogens is 343 g/mol. The third-order valence-corrected chi connectivity index (χ3v) is 4.36. The minimum absolute atomic E-state index is 0.290. The Balaban J connectivity index is 1.95. The SMILES string of the molecule is Fc1cc(Br)cc(C(Cl)c2ccc3c(c2)CCCO3)c1. The summed E-state index contributed by atoms with van der Waals surface area (Å²) < 4.78 is 19.8. The molecular formula is C16H13BrClFO. The van der Waals surface area contributed by atoms with Crippen LogP contribution in [0.3, 0.4) is 0 Å². The van der Waals surface area contributed by atoms with E-state index in [1.165, 1.54) is 17.7 Å². The summed E-state index contributed by atoms with van der Waals surface area (Å²) in [6.45, 7) is 0.771. The first-order valence-corrected chi connectivity index (χ1v) is 7.72. The Hall–Kier alpha value is -1.06. The summed E-state index contributed by atoms with van der Waals surface area (Å²) in [6.07, 6.45) is 2.02. The van der Waals surface area contributed by atoms with Crippen molar-refractivity contribution in [3.63, 3.8) is 0 Å². The van der Waals surface area contributed by atoms with Crippen molar-refractivity contribution in [3.8, 4) is 5.75 Å². The molecule has 0 N–H and O–H groups in total. The zero-order valence-electron chi connectivity index (χ0n) is 10.7. The maximum Gasteiger partial charge on any atom is 0.124 e. The summed E-state index contributed by atoms with van der Waals surface area (Å²) in [6, 6.07) is 10.7. The van der Waals surface area contributed by atoms with Crippen LogP contribution in [0.1, 0.15) is 28.5 Å². The second-order valence-electron chi connectivity index (χ2n) is 4.88. The van der Waals surface area contributed by atoms with E-state index in [1.807, 2.05) is 18.2 Å². The lowest BCUT2D eigenvalue weighted by Gasteiger charge is -2.19. The molecule has 0 saturated carbocycles. The summed E-state index contributed by atoms with van der Waals surface area (Å²) >= 11 is 9.78. The largest absolute Gasteiger partial charge is 0.493 e. The van der Waals surface area contributed by atoms with Gasteiger partial charge in [0.15, 0.2) is 0 Å². The molecule has 1 aliphatic rings. The van der Waals surface area contributed by atoms with Crippen LogP contribution in [0, 0.1) is 5.82 Å². The summed E-state index contributed by atoms with van der Waals surface area (Å²) in [5, 5.41) is -0.366. The van der Waals surface area contributed by atoms with E-state index in [2.05, 4.69) is 22.0 Å². The third kappa shape index (κ3) is 2.84. The molecule has 1 heterocycles. The molecule has 1 atom stereocenters. The average molecular weight is 356 g/mol. The standard InChI is InChI=1S/C16H13BrClFO/c17-13-7-12(8-14(19)9-13)16(18)11-3-4-15-10(6-11)2-1-5-20-15/h3-4,6-9,16H,1-2,5H2. The van der Waals surface area contributed by atoms with E-state index in [9.17, 15) is 4.39 Å². The second-order valence-corrected chi connectivity index (χ2v) is 6.24. The summed E-state index contributed by atoms with van der Waals surface area (Å²) in [4.78, 5) is 0. The number of benzene rings is 2. The van der Waals surface area contributed by atoms with Crippen molar-refractivity contribution >= 4 is 27.5 Å². The maximum absolute atomic E-state index is 13.5. The van der Waals surface area contributed by atoms with Gasteiger partial charge >= 0.3 is 0 Å². The molecule has 20 heavy (non-hydrogen) atoms. The lowest BCUT2D eigenvalue weighted by molar-refractivity contribution is 0.288. The van der Waals surface area contributed by atoms with Crippen molar-refractivity contribution < 1.29 is 9.13 Å². The Kier molecular flexibility index (Phi) is 3.99. The molecule has 2 aromatic rings. The number of aryl methyl sites for hydroxylation is 1. The molecule has 0 spiro atoms. The number of ether oxygens (including phenoxy) is 1. The predicted octanol–water partition coefficient (Wildman–Crippen LogP) is 5.24. The summed E-state index contributed by atoms with van der Waals surface area (Å²) in [5.41, 5.74) is 2.89. The van der Waals surface area contributed by atoms with Gasteiger partial charge in [-0.2, -0.15) is 0 Å². The van der Waals surface area contributed by atoms with Crippen LogP contribution in [0.2, 0.25) is 0 Å². The zero-order chi connectivity index (χ0) is 14.1. The van der Waals surface area contributed by atoms with Crippen LogP contribution in [0.5, 0.6) is 5.75 Å². The highest BCUT2D eigenvalue weighted by Crippen LogP contribution is 2.34. The lowest BCUT2D eigenvalue weighted by atomic mass is 9.98. The Labute approximate surface area is 130 Å². The molecule has 1 unspecified atom stereocenters. The molecule has 1 nitrogen and oxygen atoms in total. The van der Waals surface area contributed by atoms with Crippen LogP contribution in [0.25, 0.3) is 0 Å². The van der Waals surface area contributed by atoms with Crippen molar-refractivity contribution in [2.75, 3.05) is 6.61 Å². The first-order valence-electron chi connectivity index (χ1n) is 6.49.